The lowest BCUT2D eigenvalue weighted by Gasteiger charge is -2.48. The van der Waals surface area contributed by atoms with E-state index in [-0.39, 0.29) is 23.8 Å². The van der Waals surface area contributed by atoms with E-state index < -0.39 is 5.41 Å². The van der Waals surface area contributed by atoms with Gasteiger partial charge in [-0.15, -0.1) is 0 Å². The van der Waals surface area contributed by atoms with Crippen LogP contribution in [-0.4, -0.2) is 87.4 Å². The van der Waals surface area contributed by atoms with Gasteiger partial charge in [-0.2, -0.15) is 0 Å². The summed E-state index contributed by atoms with van der Waals surface area (Å²) < 4.78 is 2.19. The molecule has 5 heterocycles. The number of carbonyl (C=O) groups excluding carboxylic acids is 3. The fourth-order valence-electron chi connectivity index (χ4n) is 9.12. The Morgan fingerprint density at radius 2 is 1.69 bits per heavy atom. The lowest BCUT2D eigenvalue weighted by atomic mass is 9.73. The Bertz CT molecular complexity index is 2090. The summed E-state index contributed by atoms with van der Waals surface area (Å²) in [5.74, 6) is 0.634. The van der Waals surface area contributed by atoms with Crippen LogP contribution in [0.5, 0.6) is 0 Å². The number of nitrogens with zero attached hydrogens (tertiary/aromatic N) is 6. The summed E-state index contributed by atoms with van der Waals surface area (Å²) in [6.45, 7) is 5.09. The third-order valence-corrected chi connectivity index (χ3v) is 12.6. The first-order valence-electron chi connectivity index (χ1n) is 18.9. The Morgan fingerprint density at radius 1 is 0.923 bits per heavy atom. The average Bonchev–Trinajstić information content (AvgIpc) is 3.86. The topological polar surface area (TPSA) is 116 Å². The van der Waals surface area contributed by atoms with Crippen molar-refractivity contribution in [2.24, 2.45) is 0 Å². The molecule has 9 rings (SSSR count). The van der Waals surface area contributed by atoms with Crippen LogP contribution < -0.4 is 15.5 Å². The number of aromatic nitrogens is 3. The van der Waals surface area contributed by atoms with Crippen molar-refractivity contribution in [1.82, 2.24) is 29.7 Å². The molecule has 2 saturated carbocycles. The second-order valence-electron chi connectivity index (χ2n) is 15.4. The number of piperidine rings is 2. The molecule has 2 aromatic carbocycles. The van der Waals surface area contributed by atoms with Crippen molar-refractivity contribution >= 4 is 57.5 Å². The van der Waals surface area contributed by atoms with Crippen LogP contribution in [0.4, 0.5) is 17.2 Å². The van der Waals surface area contributed by atoms with Gasteiger partial charge >= 0.3 is 0 Å². The fraction of sp³-hybridized carbons (Fsp3) is 0.475. The van der Waals surface area contributed by atoms with Gasteiger partial charge in [-0.05, 0) is 100 Å². The largest absolute Gasteiger partial charge is 0.355 e. The van der Waals surface area contributed by atoms with Gasteiger partial charge in [-0.25, -0.2) is 9.97 Å². The van der Waals surface area contributed by atoms with Crippen LogP contribution in [0, 0.1) is 0 Å². The molecule has 2 saturated heterocycles. The zero-order chi connectivity index (χ0) is 35.7. The van der Waals surface area contributed by atoms with E-state index in [1.54, 1.807) is 26.1 Å². The van der Waals surface area contributed by atoms with Gasteiger partial charge in [0.25, 0.3) is 5.91 Å². The first-order chi connectivity index (χ1) is 25.2. The second kappa shape index (κ2) is 12.9. The van der Waals surface area contributed by atoms with Gasteiger partial charge in [0.05, 0.1) is 33.5 Å². The Kier molecular flexibility index (Phi) is 8.26. The van der Waals surface area contributed by atoms with Crippen LogP contribution in [0.25, 0.3) is 22.3 Å². The molecule has 2 N–H and O–H groups in total. The molecular weight excluding hydrogens is 676 g/mol. The summed E-state index contributed by atoms with van der Waals surface area (Å²) in [6, 6.07) is 14.8. The van der Waals surface area contributed by atoms with Crippen molar-refractivity contribution in [3.8, 4) is 11.3 Å². The average molecular weight is 721 g/mol. The van der Waals surface area contributed by atoms with E-state index in [1.165, 1.54) is 19.3 Å². The zero-order valence-electron chi connectivity index (χ0n) is 29.8. The van der Waals surface area contributed by atoms with Gasteiger partial charge < -0.3 is 29.9 Å². The first-order valence-corrected chi connectivity index (χ1v) is 19.3. The highest BCUT2D eigenvalue weighted by molar-refractivity contribution is 6.34. The highest BCUT2D eigenvalue weighted by Gasteiger charge is 2.55. The number of carbonyl (C=O) groups is 3. The van der Waals surface area contributed by atoms with Crippen molar-refractivity contribution in [3.05, 3.63) is 64.9 Å². The Labute approximate surface area is 308 Å². The van der Waals surface area contributed by atoms with Crippen LogP contribution in [0.1, 0.15) is 86.7 Å². The quantitative estimate of drug-likeness (QED) is 0.226. The molecule has 270 valence electrons. The van der Waals surface area contributed by atoms with Crippen molar-refractivity contribution in [1.29, 1.82) is 0 Å². The molecule has 5 aliphatic rings. The van der Waals surface area contributed by atoms with Gasteiger partial charge in [0.1, 0.15) is 5.52 Å². The number of anilines is 3. The van der Waals surface area contributed by atoms with Gasteiger partial charge in [0.2, 0.25) is 11.8 Å². The molecule has 2 aliphatic carbocycles. The molecule has 1 spiro atoms. The maximum atomic E-state index is 14.7. The van der Waals surface area contributed by atoms with E-state index in [1.807, 2.05) is 23.4 Å². The Morgan fingerprint density at radius 3 is 2.40 bits per heavy atom. The summed E-state index contributed by atoms with van der Waals surface area (Å²) >= 11 is 6.39. The van der Waals surface area contributed by atoms with Crippen molar-refractivity contribution < 1.29 is 14.4 Å². The monoisotopic (exact) mass is 720 g/mol. The minimum Gasteiger partial charge on any atom is -0.355 e. The number of halogens is 1. The third-order valence-electron chi connectivity index (χ3n) is 12.3. The van der Waals surface area contributed by atoms with Crippen molar-refractivity contribution in [2.75, 3.05) is 43.4 Å². The molecular formula is C40H45ClN8O3. The zero-order valence-corrected chi connectivity index (χ0v) is 30.6. The van der Waals surface area contributed by atoms with Crippen molar-refractivity contribution in [3.63, 3.8) is 0 Å². The van der Waals surface area contributed by atoms with Crippen LogP contribution in [0.15, 0.2) is 48.8 Å². The van der Waals surface area contributed by atoms with Crippen LogP contribution in [0.3, 0.4) is 0 Å². The molecule has 0 bridgehead atoms. The molecule has 3 amide bonds. The third kappa shape index (κ3) is 5.55. The van der Waals surface area contributed by atoms with E-state index in [4.69, 9.17) is 21.6 Å². The second-order valence-corrected chi connectivity index (χ2v) is 15.8. The molecule has 52 heavy (non-hydrogen) atoms. The van der Waals surface area contributed by atoms with Crippen LogP contribution in [-0.2, 0) is 15.0 Å². The summed E-state index contributed by atoms with van der Waals surface area (Å²) in [5, 5.41) is 6.54. The number of likely N-dealkylation sites (tertiary alicyclic amines) is 2. The maximum Gasteiger partial charge on any atom is 0.252 e. The number of hydrogen-bond acceptors (Lipinski definition) is 7. The molecule has 2 aromatic heterocycles. The number of rotatable bonds is 7. The number of nitrogens with one attached hydrogen (secondary N) is 2. The fourth-order valence-corrected chi connectivity index (χ4v) is 9.33. The van der Waals surface area contributed by atoms with Crippen LogP contribution in [0.2, 0.25) is 5.02 Å². The molecule has 0 atom stereocenters. The number of amides is 3. The standard InChI is InChI=1S/C40H45ClN8O3/c1-24(50)46-16-12-40(13-17-46)31-10-6-25(18-35(31)49(39(40)52)29-20-28(21-29)47-14-4-3-5-15-47)33-22-34-36(48(23-43-34)27-8-9-27)37(45-33)44-26-7-11-32(41)30(19-26)38(51)42-2/h6-7,10-11,18-19,22-23,27-29H,3-5,8-9,12-17,20-21H2,1-2H3,(H,42,51)(H,44,45)/t28-,29+. The minimum atomic E-state index is -0.625. The smallest absolute Gasteiger partial charge is 0.252 e. The predicted molar refractivity (Wildman–Crippen MR) is 202 cm³/mol. The highest BCUT2D eigenvalue weighted by Crippen LogP contribution is 2.52. The number of benzene rings is 2. The summed E-state index contributed by atoms with van der Waals surface area (Å²) in [5.41, 5.74) is 5.89. The molecule has 4 fully saturated rings. The number of fused-ring (bicyclic) bond motifs is 3. The van der Waals surface area contributed by atoms with E-state index in [9.17, 15) is 14.4 Å². The Balaban J connectivity index is 1.10. The number of hydrogen-bond donors (Lipinski definition) is 2. The first kappa shape index (κ1) is 33.4. The van der Waals surface area contributed by atoms with E-state index in [0.717, 1.165) is 72.3 Å². The molecule has 0 unspecified atom stereocenters. The molecule has 4 aromatic rings. The van der Waals surface area contributed by atoms with Gasteiger partial charge in [-0.3, -0.25) is 14.4 Å². The van der Waals surface area contributed by atoms with Gasteiger partial charge in [0, 0.05) is 62.1 Å². The lowest BCUT2D eigenvalue weighted by Crippen LogP contribution is -2.58. The molecule has 11 nitrogen and oxygen atoms in total. The molecule has 0 radical (unpaired) electrons. The van der Waals surface area contributed by atoms with E-state index in [2.05, 4.69) is 43.2 Å². The molecule has 3 aliphatic heterocycles. The molecule has 12 heteroatoms. The lowest BCUT2D eigenvalue weighted by molar-refractivity contribution is -0.134. The maximum absolute atomic E-state index is 14.7. The highest BCUT2D eigenvalue weighted by atomic mass is 35.5. The number of imidazole rings is 1. The minimum absolute atomic E-state index is 0.0644. The summed E-state index contributed by atoms with van der Waals surface area (Å²) in [4.78, 5) is 56.3. The van der Waals surface area contributed by atoms with Crippen molar-refractivity contribution in [2.45, 2.75) is 88.3 Å². The Hall–Kier alpha value is -4.48. The summed E-state index contributed by atoms with van der Waals surface area (Å²) in [6.07, 6.45) is 11.1. The van der Waals surface area contributed by atoms with E-state index >= 15 is 0 Å². The normalized spacial score (nSPS) is 22.8. The SMILES string of the molecule is CNC(=O)c1cc(Nc2nc(-c3ccc4c(c3)N([C@H]3C[C@@H](N5CCCCC5)C3)C(=O)C43CCN(C(C)=O)CC3)cc3ncn(C4CC4)c23)ccc1Cl. The van der Waals surface area contributed by atoms with E-state index in [0.29, 0.717) is 60.1 Å². The van der Waals surface area contributed by atoms with Gasteiger partial charge in [0.15, 0.2) is 5.82 Å². The summed E-state index contributed by atoms with van der Waals surface area (Å²) in [7, 11) is 1.59. The predicted octanol–water partition coefficient (Wildman–Crippen LogP) is 6.43. The van der Waals surface area contributed by atoms with Crippen LogP contribution >= 0.6 is 11.6 Å². The van der Waals surface area contributed by atoms with Gasteiger partial charge in [-0.1, -0.05) is 30.2 Å². The number of pyridine rings is 1.